The van der Waals surface area contributed by atoms with Crippen molar-refractivity contribution in [3.63, 3.8) is 0 Å². The standard InChI is InChI=1S/C9H10BrNS/c1-6-5-12-9-3-2-7(10)4-8(9)11-6/h2-4,6,11H,5H2,1H3. The molecule has 3 heteroatoms. The molecule has 64 valence electrons. The van der Waals surface area contributed by atoms with Crippen LogP contribution >= 0.6 is 27.7 Å². The second kappa shape index (κ2) is 3.30. The highest BCUT2D eigenvalue weighted by atomic mass is 79.9. The number of nitrogens with one attached hydrogen (secondary N) is 1. The molecule has 0 aromatic heterocycles. The van der Waals surface area contributed by atoms with Crippen LogP contribution in [0.4, 0.5) is 5.69 Å². The summed E-state index contributed by atoms with van der Waals surface area (Å²) in [4.78, 5) is 1.36. The maximum Gasteiger partial charge on any atom is 0.0492 e. The third-order valence-electron chi connectivity index (χ3n) is 1.83. The molecule has 1 nitrogen and oxygen atoms in total. The van der Waals surface area contributed by atoms with Gasteiger partial charge in [-0.25, -0.2) is 0 Å². The van der Waals surface area contributed by atoms with Gasteiger partial charge in [0, 0.05) is 26.9 Å². The molecule has 0 fully saturated rings. The Hall–Kier alpha value is -0.150. The normalized spacial score (nSPS) is 21.3. The average molecular weight is 244 g/mol. The zero-order valence-corrected chi connectivity index (χ0v) is 9.21. The molecule has 0 amide bonds. The summed E-state index contributed by atoms with van der Waals surface area (Å²) in [5, 5.41) is 3.45. The van der Waals surface area contributed by atoms with E-state index in [0.29, 0.717) is 6.04 Å². The van der Waals surface area contributed by atoms with Gasteiger partial charge >= 0.3 is 0 Å². The maximum atomic E-state index is 3.46. The predicted molar refractivity (Wildman–Crippen MR) is 58.0 cm³/mol. The number of hydrogen-bond donors (Lipinski definition) is 1. The van der Waals surface area contributed by atoms with E-state index in [2.05, 4.69) is 46.4 Å². The molecule has 0 saturated carbocycles. The molecule has 0 aliphatic carbocycles. The average Bonchev–Trinajstić information content (AvgIpc) is 2.03. The number of fused-ring (bicyclic) bond motifs is 1. The molecule has 0 bridgehead atoms. The molecule has 1 N–H and O–H groups in total. The van der Waals surface area contributed by atoms with Crippen molar-refractivity contribution in [2.24, 2.45) is 0 Å². The van der Waals surface area contributed by atoms with Crippen LogP contribution in [0.15, 0.2) is 27.6 Å². The molecule has 1 unspecified atom stereocenters. The summed E-state index contributed by atoms with van der Waals surface area (Å²) in [6.45, 7) is 2.21. The fraction of sp³-hybridized carbons (Fsp3) is 0.333. The van der Waals surface area contributed by atoms with E-state index in [4.69, 9.17) is 0 Å². The van der Waals surface area contributed by atoms with Crippen molar-refractivity contribution >= 4 is 33.4 Å². The van der Waals surface area contributed by atoms with Crippen LogP contribution in [0, 0.1) is 0 Å². The van der Waals surface area contributed by atoms with Gasteiger partial charge in [0.2, 0.25) is 0 Å². The minimum Gasteiger partial charge on any atom is -0.381 e. The monoisotopic (exact) mass is 243 g/mol. The highest BCUT2D eigenvalue weighted by Crippen LogP contribution is 2.34. The van der Waals surface area contributed by atoms with Gasteiger partial charge < -0.3 is 5.32 Å². The minimum atomic E-state index is 0.580. The van der Waals surface area contributed by atoms with Crippen molar-refractivity contribution in [2.45, 2.75) is 17.9 Å². The zero-order valence-electron chi connectivity index (χ0n) is 6.80. The van der Waals surface area contributed by atoms with E-state index in [1.807, 2.05) is 11.8 Å². The third-order valence-corrected chi connectivity index (χ3v) is 3.66. The first kappa shape index (κ1) is 8.45. The lowest BCUT2D eigenvalue weighted by molar-refractivity contribution is 0.894. The lowest BCUT2D eigenvalue weighted by Crippen LogP contribution is -2.21. The third kappa shape index (κ3) is 1.62. The number of halogens is 1. The highest BCUT2D eigenvalue weighted by molar-refractivity contribution is 9.10. The van der Waals surface area contributed by atoms with Gasteiger partial charge in [0.05, 0.1) is 0 Å². The van der Waals surface area contributed by atoms with Gasteiger partial charge in [0.15, 0.2) is 0 Å². The van der Waals surface area contributed by atoms with Gasteiger partial charge in [0.25, 0.3) is 0 Å². The quantitative estimate of drug-likeness (QED) is 0.751. The number of thioether (sulfide) groups is 1. The highest BCUT2D eigenvalue weighted by Gasteiger charge is 2.13. The summed E-state index contributed by atoms with van der Waals surface area (Å²) >= 11 is 5.38. The molecular formula is C9H10BrNS. The SMILES string of the molecule is CC1CSc2ccc(Br)cc2N1. The van der Waals surface area contributed by atoms with E-state index < -0.39 is 0 Å². The lowest BCUT2D eigenvalue weighted by Gasteiger charge is -2.23. The van der Waals surface area contributed by atoms with Crippen LogP contribution in [-0.2, 0) is 0 Å². The molecule has 1 heterocycles. The minimum absolute atomic E-state index is 0.580. The summed E-state index contributed by atoms with van der Waals surface area (Å²) in [6, 6.07) is 6.96. The Bertz CT molecular complexity index is 301. The van der Waals surface area contributed by atoms with Crippen LogP contribution in [0.3, 0.4) is 0 Å². The summed E-state index contributed by atoms with van der Waals surface area (Å²) in [7, 11) is 0. The van der Waals surface area contributed by atoms with Crippen LogP contribution in [0.2, 0.25) is 0 Å². The topological polar surface area (TPSA) is 12.0 Å². The molecule has 1 aromatic rings. The van der Waals surface area contributed by atoms with Crippen molar-refractivity contribution in [1.82, 2.24) is 0 Å². The molecule has 1 aromatic carbocycles. The van der Waals surface area contributed by atoms with Gasteiger partial charge in [-0.1, -0.05) is 15.9 Å². The van der Waals surface area contributed by atoms with E-state index in [9.17, 15) is 0 Å². The van der Waals surface area contributed by atoms with Gasteiger partial charge in [0.1, 0.15) is 0 Å². The Morgan fingerprint density at radius 1 is 1.58 bits per heavy atom. The zero-order chi connectivity index (χ0) is 8.55. The number of anilines is 1. The Morgan fingerprint density at radius 2 is 2.42 bits per heavy atom. The first-order valence-electron chi connectivity index (χ1n) is 3.94. The smallest absolute Gasteiger partial charge is 0.0492 e. The first-order chi connectivity index (χ1) is 5.75. The van der Waals surface area contributed by atoms with Gasteiger partial charge in [-0.2, -0.15) is 0 Å². The van der Waals surface area contributed by atoms with Crippen LogP contribution in [0.25, 0.3) is 0 Å². The van der Waals surface area contributed by atoms with Crippen molar-refractivity contribution in [2.75, 3.05) is 11.1 Å². The number of rotatable bonds is 0. The molecule has 2 rings (SSSR count). The van der Waals surface area contributed by atoms with E-state index in [1.165, 1.54) is 10.6 Å². The van der Waals surface area contributed by atoms with E-state index >= 15 is 0 Å². The fourth-order valence-corrected chi connectivity index (χ4v) is 2.57. The molecule has 0 radical (unpaired) electrons. The summed E-state index contributed by atoms with van der Waals surface area (Å²) in [5.74, 6) is 1.16. The Labute approximate surface area is 85.1 Å². The Morgan fingerprint density at radius 3 is 3.25 bits per heavy atom. The van der Waals surface area contributed by atoms with E-state index in [-0.39, 0.29) is 0 Å². The Balaban J connectivity index is 2.37. The van der Waals surface area contributed by atoms with Crippen molar-refractivity contribution in [3.05, 3.63) is 22.7 Å². The second-order valence-corrected chi connectivity index (χ2v) is 4.97. The maximum absolute atomic E-state index is 3.46. The molecule has 1 aliphatic rings. The first-order valence-corrected chi connectivity index (χ1v) is 5.72. The summed E-state index contributed by atoms with van der Waals surface area (Å²) in [6.07, 6.45) is 0. The largest absolute Gasteiger partial charge is 0.381 e. The fourth-order valence-electron chi connectivity index (χ4n) is 1.26. The van der Waals surface area contributed by atoms with Crippen molar-refractivity contribution < 1.29 is 0 Å². The van der Waals surface area contributed by atoms with Crippen LogP contribution in [0.1, 0.15) is 6.92 Å². The van der Waals surface area contributed by atoms with Crippen LogP contribution in [0.5, 0.6) is 0 Å². The summed E-state index contributed by atoms with van der Waals surface area (Å²) in [5.41, 5.74) is 1.26. The van der Waals surface area contributed by atoms with Gasteiger partial charge in [-0.3, -0.25) is 0 Å². The molecule has 0 saturated heterocycles. The number of hydrogen-bond acceptors (Lipinski definition) is 2. The molecule has 0 spiro atoms. The molecule has 1 aliphatic heterocycles. The van der Waals surface area contributed by atoms with Crippen LogP contribution < -0.4 is 5.32 Å². The molecular weight excluding hydrogens is 234 g/mol. The Kier molecular flexibility index (Phi) is 2.33. The van der Waals surface area contributed by atoms with E-state index in [1.54, 1.807) is 0 Å². The van der Waals surface area contributed by atoms with Crippen molar-refractivity contribution in [1.29, 1.82) is 0 Å². The summed E-state index contributed by atoms with van der Waals surface area (Å²) < 4.78 is 1.14. The number of benzene rings is 1. The lowest BCUT2D eigenvalue weighted by atomic mass is 10.3. The predicted octanol–water partition coefficient (Wildman–Crippen LogP) is 3.36. The van der Waals surface area contributed by atoms with Gasteiger partial charge in [-0.05, 0) is 25.1 Å². The molecule has 12 heavy (non-hydrogen) atoms. The molecule has 1 atom stereocenters. The van der Waals surface area contributed by atoms with Crippen LogP contribution in [-0.4, -0.2) is 11.8 Å². The van der Waals surface area contributed by atoms with Crippen molar-refractivity contribution in [3.8, 4) is 0 Å². The second-order valence-electron chi connectivity index (χ2n) is 3.00. The van der Waals surface area contributed by atoms with Gasteiger partial charge in [-0.15, -0.1) is 11.8 Å². The van der Waals surface area contributed by atoms with E-state index in [0.717, 1.165) is 10.2 Å².